The van der Waals surface area contributed by atoms with Gasteiger partial charge in [0.25, 0.3) is 5.91 Å². The topological polar surface area (TPSA) is 88.4 Å². The first-order valence-corrected chi connectivity index (χ1v) is 10.8. The minimum absolute atomic E-state index is 0.0427. The van der Waals surface area contributed by atoms with Crippen molar-refractivity contribution in [3.63, 3.8) is 0 Å². The van der Waals surface area contributed by atoms with Crippen LogP contribution in [-0.2, 0) is 4.79 Å². The molecule has 0 atom stereocenters. The summed E-state index contributed by atoms with van der Waals surface area (Å²) < 4.78 is 1.71. The highest BCUT2D eigenvalue weighted by Crippen LogP contribution is 2.28. The summed E-state index contributed by atoms with van der Waals surface area (Å²) in [7, 11) is 1.61. The van der Waals surface area contributed by atoms with Gasteiger partial charge >= 0.3 is 0 Å². The molecule has 2 N–H and O–H groups in total. The summed E-state index contributed by atoms with van der Waals surface area (Å²) in [6.07, 6.45) is 1.85. The van der Waals surface area contributed by atoms with Crippen molar-refractivity contribution in [1.29, 1.82) is 0 Å². The number of nitrogens with zero attached hydrogens (tertiary/aromatic N) is 3. The Balaban J connectivity index is 1.72. The summed E-state index contributed by atoms with van der Waals surface area (Å²) in [4.78, 5) is 29.4. The molecule has 0 bridgehead atoms. The standard InChI is InChI=1S/C26H27N5O2/c1-16-10-11-17(14-21(16)29-25(33)26(2,3)4)22-15-31-23(28-22)13-12-20(30-31)18-8-6-7-9-19(18)24(32)27-5/h6-15H,1-5H3,(H,27,32)(H,29,33). The van der Waals surface area contributed by atoms with Gasteiger partial charge in [0.2, 0.25) is 5.91 Å². The second-order valence-electron chi connectivity index (χ2n) is 9.01. The van der Waals surface area contributed by atoms with Crippen LogP contribution in [0, 0.1) is 12.3 Å². The van der Waals surface area contributed by atoms with Gasteiger partial charge in [-0.1, -0.05) is 51.1 Å². The molecular weight excluding hydrogens is 414 g/mol. The van der Waals surface area contributed by atoms with Crippen molar-refractivity contribution < 1.29 is 9.59 Å². The fourth-order valence-corrected chi connectivity index (χ4v) is 3.43. The number of imidazole rings is 1. The first kappa shape index (κ1) is 22.2. The van der Waals surface area contributed by atoms with E-state index in [2.05, 4.69) is 10.6 Å². The summed E-state index contributed by atoms with van der Waals surface area (Å²) in [5.74, 6) is -0.206. The highest BCUT2D eigenvalue weighted by atomic mass is 16.2. The molecule has 4 aromatic rings. The average Bonchev–Trinajstić information content (AvgIpc) is 3.22. The molecule has 0 fully saturated rings. The molecule has 0 aliphatic carbocycles. The second-order valence-corrected chi connectivity index (χ2v) is 9.01. The van der Waals surface area contributed by atoms with Gasteiger partial charge in [-0.15, -0.1) is 0 Å². The Kier molecular flexibility index (Phi) is 5.72. The third kappa shape index (κ3) is 4.48. The minimum atomic E-state index is -0.489. The number of nitrogens with one attached hydrogen (secondary N) is 2. The van der Waals surface area contributed by atoms with E-state index in [0.717, 1.165) is 28.1 Å². The summed E-state index contributed by atoms with van der Waals surface area (Å²) in [6, 6.07) is 17.0. The highest BCUT2D eigenvalue weighted by Gasteiger charge is 2.22. The van der Waals surface area contributed by atoms with Crippen LogP contribution in [0.1, 0.15) is 36.7 Å². The van der Waals surface area contributed by atoms with Gasteiger partial charge in [-0.25, -0.2) is 9.50 Å². The second kappa shape index (κ2) is 8.50. The van der Waals surface area contributed by atoms with Crippen LogP contribution in [0.3, 0.4) is 0 Å². The number of rotatable bonds is 4. The SMILES string of the molecule is CNC(=O)c1ccccc1-c1ccc2nc(-c3ccc(C)c(NC(=O)C(C)(C)C)c3)cn2n1. The molecule has 0 radical (unpaired) electrons. The molecule has 0 aliphatic rings. The third-order valence-corrected chi connectivity index (χ3v) is 5.46. The molecule has 7 nitrogen and oxygen atoms in total. The van der Waals surface area contributed by atoms with E-state index in [9.17, 15) is 9.59 Å². The summed E-state index contributed by atoms with van der Waals surface area (Å²) in [5, 5.41) is 10.4. The Morgan fingerprint density at radius 2 is 1.73 bits per heavy atom. The van der Waals surface area contributed by atoms with Crippen LogP contribution in [0.4, 0.5) is 5.69 Å². The lowest BCUT2D eigenvalue weighted by atomic mass is 9.95. The molecule has 2 aromatic carbocycles. The Labute approximate surface area is 192 Å². The van der Waals surface area contributed by atoms with E-state index in [1.54, 1.807) is 17.6 Å². The van der Waals surface area contributed by atoms with E-state index in [4.69, 9.17) is 10.1 Å². The lowest BCUT2D eigenvalue weighted by Crippen LogP contribution is -2.27. The summed E-state index contributed by atoms with van der Waals surface area (Å²) >= 11 is 0. The maximum atomic E-state index is 12.5. The van der Waals surface area contributed by atoms with Crippen molar-refractivity contribution in [2.75, 3.05) is 12.4 Å². The molecule has 0 aliphatic heterocycles. The number of carbonyl (C=O) groups excluding carboxylic acids is 2. The smallest absolute Gasteiger partial charge is 0.251 e. The molecule has 2 aromatic heterocycles. The summed E-state index contributed by atoms with van der Waals surface area (Å²) in [6.45, 7) is 7.61. The van der Waals surface area contributed by atoms with Gasteiger partial charge in [0, 0.05) is 34.8 Å². The number of carbonyl (C=O) groups is 2. The zero-order chi connectivity index (χ0) is 23.8. The lowest BCUT2D eigenvalue weighted by Gasteiger charge is -2.19. The van der Waals surface area contributed by atoms with Gasteiger partial charge < -0.3 is 10.6 Å². The number of aromatic nitrogens is 3. The quantitative estimate of drug-likeness (QED) is 0.480. The van der Waals surface area contributed by atoms with Crippen LogP contribution >= 0.6 is 0 Å². The van der Waals surface area contributed by atoms with Crippen molar-refractivity contribution in [3.8, 4) is 22.5 Å². The number of aryl methyl sites for hydroxylation is 1. The van der Waals surface area contributed by atoms with Gasteiger partial charge in [0.05, 0.1) is 17.6 Å². The average molecular weight is 442 g/mol. The predicted octanol–water partition coefficient (Wildman–Crippen LogP) is 4.72. The number of hydrogen-bond donors (Lipinski definition) is 2. The fraction of sp³-hybridized carbons (Fsp3) is 0.231. The number of hydrogen-bond acceptors (Lipinski definition) is 4. The minimum Gasteiger partial charge on any atom is -0.355 e. The van der Waals surface area contributed by atoms with Gasteiger partial charge in [0.15, 0.2) is 5.65 Å². The van der Waals surface area contributed by atoms with E-state index < -0.39 is 5.41 Å². The Bertz CT molecular complexity index is 1360. The van der Waals surface area contributed by atoms with Gasteiger partial charge in [-0.2, -0.15) is 5.10 Å². The van der Waals surface area contributed by atoms with E-state index >= 15 is 0 Å². The van der Waals surface area contributed by atoms with Crippen LogP contribution in [0.5, 0.6) is 0 Å². The Morgan fingerprint density at radius 1 is 0.970 bits per heavy atom. The van der Waals surface area contributed by atoms with E-state index in [-0.39, 0.29) is 11.8 Å². The highest BCUT2D eigenvalue weighted by molar-refractivity contribution is 6.00. The van der Waals surface area contributed by atoms with Gasteiger partial charge in [-0.3, -0.25) is 9.59 Å². The first-order chi connectivity index (χ1) is 15.7. The fourth-order valence-electron chi connectivity index (χ4n) is 3.43. The zero-order valence-corrected chi connectivity index (χ0v) is 19.4. The van der Waals surface area contributed by atoms with E-state index in [1.807, 2.05) is 82.4 Å². The molecule has 0 spiro atoms. The maximum Gasteiger partial charge on any atom is 0.251 e. The molecule has 0 saturated heterocycles. The predicted molar refractivity (Wildman–Crippen MR) is 130 cm³/mol. The van der Waals surface area contributed by atoms with Crippen LogP contribution in [0.2, 0.25) is 0 Å². The van der Waals surface area contributed by atoms with Crippen LogP contribution in [0.15, 0.2) is 60.8 Å². The van der Waals surface area contributed by atoms with Crippen molar-refractivity contribution in [3.05, 3.63) is 71.9 Å². The molecule has 2 heterocycles. The normalized spacial score (nSPS) is 11.4. The largest absolute Gasteiger partial charge is 0.355 e. The molecule has 2 amide bonds. The van der Waals surface area contributed by atoms with E-state index in [1.165, 1.54) is 0 Å². The molecule has 168 valence electrons. The van der Waals surface area contributed by atoms with Crippen molar-refractivity contribution >= 4 is 23.1 Å². The molecule has 33 heavy (non-hydrogen) atoms. The molecular formula is C26H27N5O2. The Morgan fingerprint density at radius 3 is 2.45 bits per heavy atom. The number of fused-ring (bicyclic) bond motifs is 1. The monoisotopic (exact) mass is 441 g/mol. The van der Waals surface area contributed by atoms with Crippen LogP contribution < -0.4 is 10.6 Å². The first-order valence-electron chi connectivity index (χ1n) is 10.8. The van der Waals surface area contributed by atoms with Gasteiger partial charge in [0.1, 0.15) is 0 Å². The van der Waals surface area contributed by atoms with Crippen LogP contribution in [-0.4, -0.2) is 33.5 Å². The van der Waals surface area contributed by atoms with E-state index in [0.29, 0.717) is 16.9 Å². The lowest BCUT2D eigenvalue weighted by molar-refractivity contribution is -0.123. The van der Waals surface area contributed by atoms with Crippen molar-refractivity contribution in [1.82, 2.24) is 19.9 Å². The number of benzene rings is 2. The van der Waals surface area contributed by atoms with Crippen molar-refractivity contribution in [2.24, 2.45) is 5.41 Å². The summed E-state index contributed by atoms with van der Waals surface area (Å²) in [5.41, 5.74) is 5.54. The molecule has 0 unspecified atom stereocenters. The molecule has 4 rings (SSSR count). The molecule has 0 saturated carbocycles. The zero-order valence-electron chi connectivity index (χ0n) is 19.4. The number of amides is 2. The van der Waals surface area contributed by atoms with Gasteiger partial charge in [-0.05, 0) is 36.8 Å². The Hall–Kier alpha value is -4.00. The maximum absolute atomic E-state index is 12.5. The third-order valence-electron chi connectivity index (χ3n) is 5.46. The molecule has 7 heteroatoms. The number of anilines is 1. The van der Waals surface area contributed by atoms with Crippen molar-refractivity contribution in [2.45, 2.75) is 27.7 Å². The van der Waals surface area contributed by atoms with Crippen LogP contribution in [0.25, 0.3) is 28.2 Å².